The highest BCUT2D eigenvalue weighted by atomic mass is 19.4. The molecular weight excluding hydrogens is 343 g/mol. The van der Waals surface area contributed by atoms with Crippen LogP contribution in [0.1, 0.15) is 5.56 Å². The maximum Gasteiger partial charge on any atom is 0.573 e. The van der Waals surface area contributed by atoms with Gasteiger partial charge in [0, 0.05) is 0 Å². The number of nitrogens with zero attached hydrogens (tertiary/aromatic N) is 1. The number of hydrogen-bond donors (Lipinski definition) is 0. The van der Waals surface area contributed by atoms with Gasteiger partial charge in [-0.15, -0.1) is 13.2 Å². The standard InChI is InChI=1S/C16H12F3NO5/c17-16(18,19)25-9-3-1-8(2-4-9)7-23-20-14(21)12-10-5-6-11(24-10)13(12)15(20)22/h1-6,10-13H,7H2/t10-,11+,12-,13-/m0/s1. The van der Waals surface area contributed by atoms with Crippen LogP contribution in [0.15, 0.2) is 36.4 Å². The van der Waals surface area contributed by atoms with Crippen LogP contribution in [0.4, 0.5) is 13.2 Å². The quantitative estimate of drug-likeness (QED) is 0.610. The van der Waals surface area contributed by atoms with Crippen molar-refractivity contribution in [3.63, 3.8) is 0 Å². The van der Waals surface area contributed by atoms with E-state index in [1.165, 1.54) is 12.1 Å². The molecule has 0 spiro atoms. The van der Waals surface area contributed by atoms with Gasteiger partial charge in [0.1, 0.15) is 12.4 Å². The first-order chi connectivity index (χ1) is 11.8. The average Bonchev–Trinajstić information content (AvgIpc) is 3.21. The first-order valence-electron chi connectivity index (χ1n) is 7.53. The van der Waals surface area contributed by atoms with Gasteiger partial charge in [-0.25, -0.2) is 0 Å². The topological polar surface area (TPSA) is 65.1 Å². The molecule has 132 valence electrons. The third-order valence-corrected chi connectivity index (χ3v) is 4.39. The lowest BCUT2D eigenvalue weighted by Gasteiger charge is -2.17. The molecule has 4 rings (SSSR count). The number of carbonyl (C=O) groups excluding carboxylic acids is 2. The SMILES string of the molecule is O=C1[C@@H]2[C@@H](C(=O)N1OCc1ccc(OC(F)(F)F)cc1)[C@H]1C=C[C@@H]2O1. The zero-order valence-electron chi connectivity index (χ0n) is 12.6. The zero-order valence-corrected chi connectivity index (χ0v) is 12.6. The molecule has 2 amide bonds. The molecule has 1 aromatic carbocycles. The summed E-state index contributed by atoms with van der Waals surface area (Å²) in [5.41, 5.74) is 0.490. The minimum Gasteiger partial charge on any atom is -0.406 e. The Morgan fingerprint density at radius 2 is 1.56 bits per heavy atom. The van der Waals surface area contributed by atoms with E-state index < -0.39 is 42.2 Å². The number of halogens is 3. The van der Waals surface area contributed by atoms with Crippen LogP contribution in [0.25, 0.3) is 0 Å². The van der Waals surface area contributed by atoms with E-state index >= 15 is 0 Å². The largest absolute Gasteiger partial charge is 0.573 e. The molecule has 6 nitrogen and oxygen atoms in total. The van der Waals surface area contributed by atoms with Gasteiger partial charge in [0.05, 0.1) is 24.0 Å². The molecule has 1 aromatic rings. The van der Waals surface area contributed by atoms with E-state index in [1.54, 1.807) is 12.2 Å². The van der Waals surface area contributed by atoms with Gasteiger partial charge in [-0.3, -0.25) is 14.4 Å². The lowest BCUT2D eigenvalue weighted by molar-refractivity contribution is -0.274. The van der Waals surface area contributed by atoms with Crippen LogP contribution in [0.2, 0.25) is 0 Å². The number of hydroxylamine groups is 2. The number of fused-ring (bicyclic) bond motifs is 5. The summed E-state index contributed by atoms with van der Waals surface area (Å²) in [6, 6.07) is 4.99. The first kappa shape index (κ1) is 16.1. The van der Waals surface area contributed by atoms with Crippen molar-refractivity contribution in [3.05, 3.63) is 42.0 Å². The molecule has 3 aliphatic heterocycles. The Morgan fingerprint density at radius 1 is 1.00 bits per heavy atom. The zero-order chi connectivity index (χ0) is 17.8. The van der Waals surface area contributed by atoms with Gasteiger partial charge in [0.15, 0.2) is 0 Å². The third kappa shape index (κ3) is 2.79. The van der Waals surface area contributed by atoms with Crippen LogP contribution in [-0.2, 0) is 25.8 Å². The van der Waals surface area contributed by atoms with Crippen molar-refractivity contribution in [2.75, 3.05) is 0 Å². The molecule has 25 heavy (non-hydrogen) atoms. The summed E-state index contributed by atoms with van der Waals surface area (Å²) in [6.45, 7) is -0.132. The molecule has 0 unspecified atom stereocenters. The summed E-state index contributed by atoms with van der Waals surface area (Å²) in [5, 5.41) is 0.741. The summed E-state index contributed by atoms with van der Waals surface area (Å²) in [4.78, 5) is 30.0. The van der Waals surface area contributed by atoms with E-state index in [9.17, 15) is 22.8 Å². The molecule has 2 bridgehead atoms. The van der Waals surface area contributed by atoms with Gasteiger partial charge in [-0.1, -0.05) is 24.3 Å². The summed E-state index contributed by atoms with van der Waals surface area (Å²) in [6.07, 6.45) is -2.04. The molecule has 0 aromatic heterocycles. The van der Waals surface area contributed by atoms with Crippen molar-refractivity contribution < 1.29 is 37.1 Å². The first-order valence-corrected chi connectivity index (χ1v) is 7.53. The van der Waals surface area contributed by atoms with E-state index in [-0.39, 0.29) is 12.4 Å². The second kappa shape index (κ2) is 5.57. The van der Waals surface area contributed by atoms with Gasteiger partial charge >= 0.3 is 6.36 Å². The van der Waals surface area contributed by atoms with Gasteiger partial charge in [-0.05, 0) is 17.7 Å². The maximum absolute atomic E-state index is 12.3. The number of ether oxygens (including phenoxy) is 2. The number of benzene rings is 1. The molecular formula is C16H12F3NO5. The molecule has 0 saturated carbocycles. The normalized spacial score (nSPS) is 30.3. The lowest BCUT2D eigenvalue weighted by atomic mass is 9.85. The minimum atomic E-state index is -4.76. The Balaban J connectivity index is 1.39. The van der Waals surface area contributed by atoms with Crippen LogP contribution in [0.3, 0.4) is 0 Å². The van der Waals surface area contributed by atoms with Crippen LogP contribution in [0, 0.1) is 11.8 Å². The highest BCUT2D eigenvalue weighted by Crippen LogP contribution is 2.45. The van der Waals surface area contributed by atoms with E-state index in [4.69, 9.17) is 9.57 Å². The molecule has 4 atom stereocenters. The average molecular weight is 355 g/mol. The van der Waals surface area contributed by atoms with Crippen LogP contribution >= 0.6 is 0 Å². The number of rotatable bonds is 4. The number of alkyl halides is 3. The van der Waals surface area contributed by atoms with Crippen molar-refractivity contribution in [1.82, 2.24) is 5.06 Å². The number of carbonyl (C=O) groups is 2. The third-order valence-electron chi connectivity index (χ3n) is 4.39. The highest BCUT2D eigenvalue weighted by Gasteiger charge is 2.61. The van der Waals surface area contributed by atoms with Gasteiger partial charge in [-0.2, -0.15) is 5.06 Å². The van der Waals surface area contributed by atoms with E-state index in [1.807, 2.05) is 0 Å². The highest BCUT2D eigenvalue weighted by molar-refractivity contribution is 6.05. The summed E-state index contributed by atoms with van der Waals surface area (Å²) < 4.78 is 45.6. The molecule has 3 aliphatic rings. The van der Waals surface area contributed by atoms with Crippen molar-refractivity contribution in [3.8, 4) is 5.75 Å². The van der Waals surface area contributed by atoms with Crippen LogP contribution < -0.4 is 4.74 Å². The predicted molar refractivity (Wildman–Crippen MR) is 74.5 cm³/mol. The fraction of sp³-hybridized carbons (Fsp3) is 0.375. The Kier molecular flexibility index (Phi) is 3.58. The van der Waals surface area contributed by atoms with Crippen molar-refractivity contribution in [2.24, 2.45) is 11.8 Å². The van der Waals surface area contributed by atoms with Gasteiger partial charge < -0.3 is 9.47 Å². The van der Waals surface area contributed by atoms with Crippen LogP contribution in [0.5, 0.6) is 5.75 Å². The minimum absolute atomic E-state index is 0.132. The smallest absolute Gasteiger partial charge is 0.406 e. The van der Waals surface area contributed by atoms with E-state index in [0.717, 1.165) is 17.2 Å². The molecule has 0 N–H and O–H groups in total. The number of hydrogen-bond acceptors (Lipinski definition) is 5. The van der Waals surface area contributed by atoms with E-state index in [0.29, 0.717) is 5.56 Å². The molecule has 0 radical (unpaired) electrons. The Bertz CT molecular complexity index is 715. The predicted octanol–water partition coefficient (Wildman–Crippen LogP) is 1.96. The monoisotopic (exact) mass is 355 g/mol. The van der Waals surface area contributed by atoms with Gasteiger partial charge in [0.2, 0.25) is 0 Å². The maximum atomic E-state index is 12.3. The Labute approximate surface area is 139 Å². The summed E-state index contributed by atoms with van der Waals surface area (Å²) in [7, 11) is 0. The molecule has 0 aliphatic carbocycles. The van der Waals surface area contributed by atoms with Crippen LogP contribution in [-0.4, -0.2) is 35.4 Å². The Hall–Kier alpha value is -2.39. The van der Waals surface area contributed by atoms with Crippen molar-refractivity contribution >= 4 is 11.8 Å². The lowest BCUT2D eigenvalue weighted by Crippen LogP contribution is -2.34. The molecule has 2 fully saturated rings. The second-order valence-corrected chi connectivity index (χ2v) is 5.94. The second-order valence-electron chi connectivity index (χ2n) is 5.94. The van der Waals surface area contributed by atoms with Crippen molar-refractivity contribution in [1.29, 1.82) is 0 Å². The van der Waals surface area contributed by atoms with Crippen molar-refractivity contribution in [2.45, 2.75) is 25.2 Å². The Morgan fingerprint density at radius 3 is 2.08 bits per heavy atom. The molecule has 9 heteroatoms. The summed E-state index contributed by atoms with van der Waals surface area (Å²) >= 11 is 0. The summed E-state index contributed by atoms with van der Waals surface area (Å²) in [5.74, 6) is -2.40. The van der Waals surface area contributed by atoms with Gasteiger partial charge in [0.25, 0.3) is 11.8 Å². The molecule has 3 heterocycles. The van der Waals surface area contributed by atoms with E-state index in [2.05, 4.69) is 4.74 Å². The number of amides is 2. The fourth-order valence-corrected chi connectivity index (χ4v) is 3.33. The number of imide groups is 1. The fourth-order valence-electron chi connectivity index (χ4n) is 3.33. The molecule has 2 saturated heterocycles.